The maximum absolute atomic E-state index is 12.6. The summed E-state index contributed by atoms with van der Waals surface area (Å²) in [6.07, 6.45) is 6.94. The zero-order valence-electron chi connectivity index (χ0n) is 15.6. The largest absolute Gasteiger partial charge is 0.478 e. The number of piperidine rings is 1. The van der Waals surface area contributed by atoms with Gasteiger partial charge in [-0.15, -0.1) is 11.3 Å². The molecule has 0 atom stereocenters. The molecule has 0 bridgehead atoms. The Morgan fingerprint density at radius 1 is 1.21 bits per heavy atom. The van der Waals surface area contributed by atoms with Crippen LogP contribution in [-0.4, -0.2) is 44.8 Å². The predicted octanol–water partition coefficient (Wildman–Crippen LogP) is 3.98. The lowest BCUT2D eigenvalue weighted by atomic mass is 10.0. The van der Waals surface area contributed by atoms with Crippen LogP contribution in [0.3, 0.4) is 0 Å². The molecule has 4 rings (SSSR count). The summed E-state index contributed by atoms with van der Waals surface area (Å²) in [7, 11) is 0. The number of benzene rings is 1. The topological polar surface area (TPSA) is 75.4 Å². The van der Waals surface area contributed by atoms with Crippen LogP contribution in [0.5, 0.6) is 0 Å². The highest BCUT2D eigenvalue weighted by molar-refractivity contribution is 7.17. The normalized spacial score (nSPS) is 15.2. The molecule has 1 saturated heterocycles. The summed E-state index contributed by atoms with van der Waals surface area (Å²) in [5.41, 5.74) is 1.54. The highest BCUT2D eigenvalue weighted by Gasteiger charge is 2.24. The van der Waals surface area contributed by atoms with Crippen LogP contribution in [0, 0.1) is 0 Å². The number of hydrogen-bond acceptors (Lipinski definition) is 4. The Morgan fingerprint density at radius 2 is 2.00 bits per heavy atom. The number of carboxylic acids is 1. The molecule has 3 aromatic rings. The van der Waals surface area contributed by atoms with Crippen molar-refractivity contribution in [3.63, 3.8) is 0 Å². The third-order valence-electron chi connectivity index (χ3n) is 5.44. The molecule has 0 aliphatic carbocycles. The number of fused-ring (bicyclic) bond motifs is 1. The van der Waals surface area contributed by atoms with E-state index in [1.165, 1.54) is 21.8 Å². The zero-order chi connectivity index (χ0) is 19.5. The average Bonchev–Trinajstić information content (AvgIpc) is 3.36. The second-order valence-corrected chi connectivity index (χ2v) is 8.15. The quantitative estimate of drug-likeness (QED) is 0.683. The number of carbonyl (C=O) groups is 2. The van der Waals surface area contributed by atoms with Gasteiger partial charge < -0.3 is 10.0 Å². The van der Waals surface area contributed by atoms with Crippen molar-refractivity contribution in [2.45, 2.75) is 38.1 Å². The Hall–Kier alpha value is -2.67. The molecule has 0 spiro atoms. The van der Waals surface area contributed by atoms with E-state index in [2.05, 4.69) is 34.7 Å². The van der Waals surface area contributed by atoms with Gasteiger partial charge in [0.2, 0.25) is 5.91 Å². The van der Waals surface area contributed by atoms with Crippen LogP contribution in [-0.2, 0) is 11.2 Å². The molecule has 1 amide bonds. The van der Waals surface area contributed by atoms with Crippen LogP contribution >= 0.6 is 11.3 Å². The molecule has 146 valence electrons. The maximum atomic E-state index is 12.6. The number of carbonyl (C=O) groups excluding carboxylic acids is 1. The van der Waals surface area contributed by atoms with E-state index in [-0.39, 0.29) is 17.5 Å². The summed E-state index contributed by atoms with van der Waals surface area (Å²) >= 11 is 1.76. The monoisotopic (exact) mass is 397 g/mol. The molecule has 7 heteroatoms. The van der Waals surface area contributed by atoms with E-state index in [1.54, 1.807) is 22.2 Å². The van der Waals surface area contributed by atoms with Gasteiger partial charge in [-0.3, -0.25) is 9.48 Å². The second kappa shape index (κ2) is 8.14. The van der Waals surface area contributed by atoms with Crippen LogP contribution in [0.2, 0.25) is 0 Å². The predicted molar refractivity (Wildman–Crippen MR) is 109 cm³/mol. The van der Waals surface area contributed by atoms with Gasteiger partial charge in [-0.2, -0.15) is 5.10 Å². The smallest absolute Gasteiger partial charge is 0.338 e. The van der Waals surface area contributed by atoms with Gasteiger partial charge in [0.15, 0.2) is 0 Å². The van der Waals surface area contributed by atoms with E-state index in [1.807, 2.05) is 4.90 Å². The fourth-order valence-electron chi connectivity index (χ4n) is 3.84. The minimum Gasteiger partial charge on any atom is -0.478 e. The number of nitrogens with zero attached hydrogens (tertiary/aromatic N) is 3. The number of aromatic carboxylic acids is 1. The summed E-state index contributed by atoms with van der Waals surface area (Å²) < 4.78 is 3.03. The van der Waals surface area contributed by atoms with Crippen LogP contribution in [0.15, 0.2) is 42.0 Å². The van der Waals surface area contributed by atoms with Crippen molar-refractivity contribution >= 4 is 33.3 Å². The van der Waals surface area contributed by atoms with Gasteiger partial charge in [-0.25, -0.2) is 4.79 Å². The SMILES string of the molecule is O=C(O)c1cnn(C2CCN(C(=O)CCCc3csc4ccccc34)CC2)c1. The van der Waals surface area contributed by atoms with E-state index < -0.39 is 5.97 Å². The molecule has 0 radical (unpaired) electrons. The highest BCUT2D eigenvalue weighted by Crippen LogP contribution is 2.27. The Labute approximate surface area is 167 Å². The van der Waals surface area contributed by atoms with Crippen molar-refractivity contribution in [3.8, 4) is 0 Å². The number of thiophene rings is 1. The lowest BCUT2D eigenvalue weighted by Crippen LogP contribution is -2.39. The molecule has 1 N–H and O–H groups in total. The van der Waals surface area contributed by atoms with Crippen molar-refractivity contribution in [2.24, 2.45) is 0 Å². The van der Waals surface area contributed by atoms with Gasteiger partial charge in [-0.05, 0) is 48.1 Å². The number of amides is 1. The molecule has 3 heterocycles. The van der Waals surface area contributed by atoms with Crippen molar-refractivity contribution in [3.05, 3.63) is 53.2 Å². The van der Waals surface area contributed by atoms with Crippen molar-refractivity contribution in [2.75, 3.05) is 13.1 Å². The molecule has 1 aliphatic rings. The average molecular weight is 398 g/mol. The van der Waals surface area contributed by atoms with Crippen LogP contribution in [0.4, 0.5) is 0 Å². The number of aromatic nitrogens is 2. The Balaban J connectivity index is 1.25. The Morgan fingerprint density at radius 3 is 2.75 bits per heavy atom. The number of likely N-dealkylation sites (tertiary alicyclic amines) is 1. The number of rotatable bonds is 6. The summed E-state index contributed by atoms with van der Waals surface area (Å²) in [5.74, 6) is -0.748. The summed E-state index contributed by atoms with van der Waals surface area (Å²) in [5, 5.41) is 16.7. The van der Waals surface area contributed by atoms with E-state index in [9.17, 15) is 9.59 Å². The molecular formula is C21H23N3O3S. The van der Waals surface area contributed by atoms with Gasteiger partial charge in [0.1, 0.15) is 0 Å². The van der Waals surface area contributed by atoms with E-state index in [4.69, 9.17) is 5.11 Å². The van der Waals surface area contributed by atoms with Crippen LogP contribution in [0.1, 0.15) is 47.6 Å². The molecule has 6 nitrogen and oxygen atoms in total. The maximum Gasteiger partial charge on any atom is 0.338 e. The second-order valence-electron chi connectivity index (χ2n) is 7.24. The molecule has 1 aliphatic heterocycles. The first-order chi connectivity index (χ1) is 13.6. The standard InChI is InChI=1S/C21H23N3O3S/c25-20(7-3-4-15-14-28-19-6-2-1-5-18(15)19)23-10-8-17(9-11-23)24-13-16(12-22-24)21(26)27/h1-2,5-6,12-14,17H,3-4,7-11H2,(H,26,27). The zero-order valence-corrected chi connectivity index (χ0v) is 16.4. The van der Waals surface area contributed by atoms with E-state index in [0.29, 0.717) is 19.5 Å². The van der Waals surface area contributed by atoms with Gasteiger partial charge in [0.05, 0.1) is 17.8 Å². The molecule has 0 unspecified atom stereocenters. The highest BCUT2D eigenvalue weighted by atomic mass is 32.1. The molecule has 1 aromatic carbocycles. The van der Waals surface area contributed by atoms with Crippen molar-refractivity contribution in [1.82, 2.24) is 14.7 Å². The summed E-state index contributed by atoms with van der Waals surface area (Å²) in [6.45, 7) is 1.40. The third-order valence-corrected chi connectivity index (χ3v) is 6.45. The number of carboxylic acid groups (broad SMARTS) is 1. The molecule has 28 heavy (non-hydrogen) atoms. The van der Waals surface area contributed by atoms with E-state index in [0.717, 1.165) is 25.7 Å². The van der Waals surface area contributed by atoms with Gasteiger partial charge in [-0.1, -0.05) is 18.2 Å². The minimum atomic E-state index is -0.961. The summed E-state index contributed by atoms with van der Waals surface area (Å²) in [4.78, 5) is 25.5. The Bertz CT molecular complexity index is 986. The molecule has 2 aromatic heterocycles. The third kappa shape index (κ3) is 3.94. The number of aryl methyl sites for hydroxylation is 1. The number of hydrogen-bond donors (Lipinski definition) is 1. The van der Waals surface area contributed by atoms with Gasteiger partial charge in [0.25, 0.3) is 0 Å². The van der Waals surface area contributed by atoms with E-state index >= 15 is 0 Å². The lowest BCUT2D eigenvalue weighted by Gasteiger charge is -2.32. The van der Waals surface area contributed by atoms with Crippen LogP contribution < -0.4 is 0 Å². The minimum absolute atomic E-state index is 0.161. The van der Waals surface area contributed by atoms with Crippen molar-refractivity contribution < 1.29 is 14.7 Å². The van der Waals surface area contributed by atoms with Gasteiger partial charge >= 0.3 is 5.97 Å². The fraction of sp³-hybridized carbons (Fsp3) is 0.381. The van der Waals surface area contributed by atoms with Crippen LogP contribution in [0.25, 0.3) is 10.1 Å². The molecule has 0 saturated carbocycles. The van der Waals surface area contributed by atoms with Crippen molar-refractivity contribution in [1.29, 1.82) is 0 Å². The molecular weight excluding hydrogens is 374 g/mol. The lowest BCUT2D eigenvalue weighted by molar-refractivity contribution is -0.132. The first-order valence-corrected chi connectivity index (χ1v) is 10.5. The Kier molecular flexibility index (Phi) is 5.43. The molecule has 1 fully saturated rings. The summed E-state index contributed by atoms with van der Waals surface area (Å²) in [6, 6.07) is 8.57. The fourth-order valence-corrected chi connectivity index (χ4v) is 4.84. The van der Waals surface area contributed by atoms with Gasteiger partial charge in [0, 0.05) is 30.4 Å². The first-order valence-electron chi connectivity index (χ1n) is 9.62. The first kappa shape index (κ1) is 18.7.